The van der Waals surface area contributed by atoms with Crippen LogP contribution in [0.25, 0.3) is 54.9 Å². The molecule has 0 amide bonds. The second kappa shape index (κ2) is 8.14. The van der Waals surface area contributed by atoms with Crippen LogP contribution in [-0.4, -0.2) is 6.61 Å². The molecule has 7 rings (SSSR count). The van der Waals surface area contributed by atoms with Crippen molar-refractivity contribution in [3.63, 3.8) is 0 Å². The molecule has 6 aromatic carbocycles. The molecule has 0 fully saturated rings. The van der Waals surface area contributed by atoms with Gasteiger partial charge in [0.1, 0.15) is 5.75 Å². The molecule has 166 valence electrons. The third kappa shape index (κ3) is 3.24. The van der Waals surface area contributed by atoms with Gasteiger partial charge >= 0.3 is 0 Å². The predicted molar refractivity (Wildman–Crippen MR) is 147 cm³/mol. The van der Waals surface area contributed by atoms with Gasteiger partial charge < -0.3 is 4.74 Å². The molecule has 6 aromatic rings. The lowest BCUT2D eigenvalue weighted by atomic mass is 9.84. The van der Waals surface area contributed by atoms with E-state index in [4.69, 9.17) is 4.74 Å². The lowest BCUT2D eigenvalue weighted by Gasteiger charge is -2.19. The van der Waals surface area contributed by atoms with Crippen LogP contribution in [0.4, 0.5) is 0 Å². The van der Waals surface area contributed by atoms with Gasteiger partial charge in [0.2, 0.25) is 0 Å². The Hall–Kier alpha value is -4.36. The number of hydrogen-bond donors (Lipinski definition) is 0. The molecule has 0 aliphatic carbocycles. The topological polar surface area (TPSA) is 9.23 Å². The summed E-state index contributed by atoms with van der Waals surface area (Å²) in [6.07, 6.45) is 0.945. The molecule has 0 aromatic heterocycles. The van der Waals surface area contributed by atoms with E-state index in [1.54, 1.807) is 0 Å². The zero-order valence-corrected chi connectivity index (χ0v) is 19.4. The van der Waals surface area contributed by atoms with E-state index in [1.807, 2.05) is 0 Å². The quantitative estimate of drug-likeness (QED) is 0.246. The van der Waals surface area contributed by atoms with Gasteiger partial charge in [0.25, 0.3) is 0 Å². The first-order valence-corrected chi connectivity index (χ1v) is 12.2. The van der Waals surface area contributed by atoms with Crippen LogP contribution in [0.5, 0.6) is 5.75 Å². The van der Waals surface area contributed by atoms with Crippen LogP contribution in [0.3, 0.4) is 0 Å². The maximum atomic E-state index is 6.13. The Bertz CT molecular complexity index is 1640. The Morgan fingerprint density at radius 3 is 1.51 bits per heavy atom. The Balaban J connectivity index is 1.60. The van der Waals surface area contributed by atoms with Gasteiger partial charge in [-0.3, -0.25) is 0 Å². The normalized spacial score (nSPS) is 12.6. The maximum absolute atomic E-state index is 6.13. The molecule has 0 spiro atoms. The molecule has 1 heterocycles. The summed E-state index contributed by atoms with van der Waals surface area (Å²) in [5, 5.41) is 5.13. The van der Waals surface area contributed by atoms with Crippen LogP contribution in [0.1, 0.15) is 5.56 Å². The minimum absolute atomic E-state index is 0.743. The predicted octanol–water partition coefficient (Wildman–Crippen LogP) is 8.93. The summed E-state index contributed by atoms with van der Waals surface area (Å²) in [5.41, 5.74) is 8.76. The fourth-order valence-corrected chi connectivity index (χ4v) is 5.64. The second-order valence-electron chi connectivity index (χ2n) is 9.18. The van der Waals surface area contributed by atoms with Crippen molar-refractivity contribution in [1.82, 2.24) is 0 Å². The molecule has 1 aliphatic heterocycles. The Morgan fingerprint density at radius 1 is 0.457 bits per heavy atom. The van der Waals surface area contributed by atoms with E-state index in [0.717, 1.165) is 18.8 Å². The van der Waals surface area contributed by atoms with Crippen molar-refractivity contribution in [3.8, 4) is 39.1 Å². The Labute approximate surface area is 205 Å². The van der Waals surface area contributed by atoms with E-state index in [1.165, 1.54) is 60.5 Å². The van der Waals surface area contributed by atoms with Crippen molar-refractivity contribution in [1.29, 1.82) is 0 Å². The molecule has 0 radical (unpaired) electrons. The fourth-order valence-electron chi connectivity index (χ4n) is 5.64. The third-order valence-corrected chi connectivity index (χ3v) is 7.15. The molecule has 0 bridgehead atoms. The van der Waals surface area contributed by atoms with Crippen LogP contribution in [-0.2, 0) is 6.42 Å². The molecule has 0 unspecified atom stereocenters. The molecule has 1 aliphatic rings. The average molecular weight is 449 g/mol. The second-order valence-corrected chi connectivity index (χ2v) is 9.18. The van der Waals surface area contributed by atoms with Gasteiger partial charge in [-0.1, -0.05) is 109 Å². The van der Waals surface area contributed by atoms with Gasteiger partial charge in [0.05, 0.1) is 6.61 Å². The average Bonchev–Trinajstić information content (AvgIpc) is 3.41. The zero-order chi connectivity index (χ0) is 23.2. The first kappa shape index (κ1) is 20.1. The highest BCUT2D eigenvalue weighted by Crippen LogP contribution is 2.46. The van der Waals surface area contributed by atoms with Gasteiger partial charge in [0, 0.05) is 12.0 Å². The van der Waals surface area contributed by atoms with Crippen molar-refractivity contribution < 1.29 is 4.74 Å². The molecule has 0 atom stereocenters. The number of fused-ring (bicyclic) bond motifs is 3. The van der Waals surface area contributed by atoms with Crippen LogP contribution < -0.4 is 4.74 Å². The summed E-state index contributed by atoms with van der Waals surface area (Å²) in [4.78, 5) is 0. The largest absolute Gasteiger partial charge is 0.492 e. The standard InChI is InChI=1S/C34H24O/c1-3-11-23(12-4-1)31-22-26(21-25-19-20-35-34(25)31)33-29-17-9-7-15-27(29)32(24-13-5-2-6-14-24)28-16-8-10-18-30(28)33/h1-18,21-22H,19-20H2. The van der Waals surface area contributed by atoms with Crippen molar-refractivity contribution in [2.45, 2.75) is 6.42 Å². The van der Waals surface area contributed by atoms with Crippen LogP contribution >= 0.6 is 0 Å². The summed E-state index contributed by atoms with van der Waals surface area (Å²) in [6.45, 7) is 0.743. The van der Waals surface area contributed by atoms with E-state index in [-0.39, 0.29) is 0 Å². The van der Waals surface area contributed by atoms with E-state index in [0.29, 0.717) is 0 Å². The molecule has 35 heavy (non-hydrogen) atoms. The minimum Gasteiger partial charge on any atom is -0.492 e. The van der Waals surface area contributed by atoms with Gasteiger partial charge in [-0.05, 0) is 67.1 Å². The number of ether oxygens (including phenoxy) is 1. The summed E-state index contributed by atoms with van der Waals surface area (Å²) >= 11 is 0. The first-order valence-electron chi connectivity index (χ1n) is 12.2. The molecule has 1 heteroatoms. The van der Waals surface area contributed by atoms with Crippen molar-refractivity contribution in [2.24, 2.45) is 0 Å². The number of rotatable bonds is 3. The van der Waals surface area contributed by atoms with E-state index >= 15 is 0 Å². The van der Waals surface area contributed by atoms with Gasteiger partial charge in [-0.25, -0.2) is 0 Å². The number of benzene rings is 6. The van der Waals surface area contributed by atoms with Crippen LogP contribution in [0.15, 0.2) is 121 Å². The molecule has 0 N–H and O–H groups in total. The highest BCUT2D eigenvalue weighted by Gasteiger charge is 2.22. The lowest BCUT2D eigenvalue weighted by molar-refractivity contribution is 0.358. The molecule has 1 nitrogen and oxygen atoms in total. The fraction of sp³-hybridized carbons (Fsp3) is 0.0588. The summed E-state index contributed by atoms with van der Waals surface area (Å²) in [6, 6.07) is 43.8. The summed E-state index contributed by atoms with van der Waals surface area (Å²) in [5.74, 6) is 1.04. The van der Waals surface area contributed by atoms with Gasteiger partial charge in [-0.2, -0.15) is 0 Å². The molecule has 0 saturated carbocycles. The van der Waals surface area contributed by atoms with E-state index in [2.05, 4.69) is 121 Å². The SMILES string of the molecule is c1ccc(-c2cc(-c3c4ccccc4c(-c4ccccc4)c4ccccc34)cc3c2OCC3)cc1. The van der Waals surface area contributed by atoms with Crippen molar-refractivity contribution in [3.05, 3.63) is 127 Å². The lowest BCUT2D eigenvalue weighted by Crippen LogP contribution is -1.93. The first-order chi connectivity index (χ1) is 17.4. The Kier molecular flexibility index (Phi) is 4.67. The van der Waals surface area contributed by atoms with E-state index in [9.17, 15) is 0 Å². The maximum Gasteiger partial charge on any atom is 0.130 e. The van der Waals surface area contributed by atoms with Crippen molar-refractivity contribution >= 4 is 21.5 Å². The van der Waals surface area contributed by atoms with Crippen LogP contribution in [0.2, 0.25) is 0 Å². The summed E-state index contributed by atoms with van der Waals surface area (Å²) < 4.78 is 6.13. The zero-order valence-electron chi connectivity index (χ0n) is 19.4. The Morgan fingerprint density at radius 2 is 0.943 bits per heavy atom. The third-order valence-electron chi connectivity index (χ3n) is 7.15. The van der Waals surface area contributed by atoms with E-state index < -0.39 is 0 Å². The molecule has 0 saturated heterocycles. The van der Waals surface area contributed by atoms with Gasteiger partial charge in [-0.15, -0.1) is 0 Å². The highest BCUT2D eigenvalue weighted by molar-refractivity contribution is 6.21. The van der Waals surface area contributed by atoms with Crippen molar-refractivity contribution in [2.75, 3.05) is 6.61 Å². The monoisotopic (exact) mass is 448 g/mol. The number of hydrogen-bond acceptors (Lipinski definition) is 1. The molecular weight excluding hydrogens is 424 g/mol. The molecular formula is C34H24O. The van der Waals surface area contributed by atoms with Gasteiger partial charge in [0.15, 0.2) is 0 Å². The highest BCUT2D eigenvalue weighted by atomic mass is 16.5. The summed E-state index contributed by atoms with van der Waals surface area (Å²) in [7, 11) is 0. The minimum atomic E-state index is 0.743. The van der Waals surface area contributed by atoms with Crippen LogP contribution in [0, 0.1) is 0 Å². The smallest absolute Gasteiger partial charge is 0.130 e.